The van der Waals surface area contributed by atoms with Gasteiger partial charge in [0.15, 0.2) is 0 Å². The third kappa shape index (κ3) is 7.64. The molecule has 1 aliphatic carbocycles. The van der Waals surface area contributed by atoms with Crippen LogP contribution in [0.5, 0.6) is 5.75 Å². The molecule has 0 saturated heterocycles. The Morgan fingerprint density at radius 2 is 1.82 bits per heavy atom. The summed E-state index contributed by atoms with van der Waals surface area (Å²) in [6.07, 6.45) is 4.50. The molecule has 208 valence electrons. The van der Waals surface area contributed by atoms with Crippen molar-refractivity contribution in [2.24, 2.45) is 10.2 Å². The van der Waals surface area contributed by atoms with Crippen LogP contribution >= 0.6 is 11.9 Å². The van der Waals surface area contributed by atoms with Gasteiger partial charge in [-0.3, -0.25) is 24.5 Å². The monoisotopic (exact) mass is 560 g/mol. The zero-order chi connectivity index (χ0) is 28.5. The second kappa shape index (κ2) is 13.5. The Bertz CT molecular complexity index is 1260. The van der Waals surface area contributed by atoms with Gasteiger partial charge in [-0.2, -0.15) is 0 Å². The number of azo groups is 1. The van der Waals surface area contributed by atoms with Crippen LogP contribution in [0.3, 0.4) is 0 Å². The zero-order valence-electron chi connectivity index (χ0n) is 21.8. The van der Waals surface area contributed by atoms with E-state index in [1.165, 1.54) is 43.2 Å². The van der Waals surface area contributed by atoms with Gasteiger partial charge in [-0.25, -0.2) is 4.72 Å². The van der Waals surface area contributed by atoms with Crippen LogP contribution in [0.2, 0.25) is 0 Å². The van der Waals surface area contributed by atoms with Gasteiger partial charge in [0.1, 0.15) is 29.6 Å². The molecule has 39 heavy (non-hydrogen) atoms. The maximum absolute atomic E-state index is 12.3. The summed E-state index contributed by atoms with van der Waals surface area (Å²) in [5.74, 6) is -1.33. The van der Waals surface area contributed by atoms with Crippen molar-refractivity contribution in [3.8, 4) is 5.75 Å². The van der Waals surface area contributed by atoms with E-state index in [9.17, 15) is 24.5 Å². The maximum atomic E-state index is 12.3. The van der Waals surface area contributed by atoms with E-state index in [1.54, 1.807) is 19.9 Å². The van der Waals surface area contributed by atoms with Crippen molar-refractivity contribution in [2.75, 3.05) is 43.6 Å². The number of nitrogens with one attached hydrogen (secondary N) is 2. The third-order valence-corrected chi connectivity index (χ3v) is 6.17. The van der Waals surface area contributed by atoms with Gasteiger partial charge >= 0.3 is 11.9 Å². The van der Waals surface area contributed by atoms with Crippen LogP contribution in [0.25, 0.3) is 0 Å². The van der Waals surface area contributed by atoms with Gasteiger partial charge in [0.05, 0.1) is 42.7 Å². The first kappa shape index (κ1) is 29.3. The van der Waals surface area contributed by atoms with Crippen molar-refractivity contribution in [3.63, 3.8) is 0 Å². The number of methoxy groups -OCH3 is 1. The average molecular weight is 561 g/mol. The van der Waals surface area contributed by atoms with Crippen LogP contribution in [0.4, 0.5) is 17.1 Å². The molecule has 15 heteroatoms. The Labute approximate surface area is 228 Å². The van der Waals surface area contributed by atoms with Gasteiger partial charge in [-0.15, -0.1) is 10.2 Å². The first-order chi connectivity index (χ1) is 18.7. The highest BCUT2D eigenvalue weighted by Crippen LogP contribution is 2.41. The normalized spacial score (nSPS) is 16.0. The number of fused-ring (bicyclic) bond motifs is 1. The lowest BCUT2D eigenvalue weighted by atomic mass is 10.0. The minimum Gasteiger partial charge on any atom is -0.494 e. The second-order valence-electron chi connectivity index (χ2n) is 8.03. The Kier molecular flexibility index (Phi) is 10.2. The molecule has 0 saturated carbocycles. The van der Waals surface area contributed by atoms with Gasteiger partial charge < -0.3 is 24.4 Å². The second-order valence-corrected chi connectivity index (χ2v) is 8.86. The highest BCUT2D eigenvalue weighted by Gasteiger charge is 2.29. The molecule has 1 unspecified atom stereocenters. The van der Waals surface area contributed by atoms with Crippen molar-refractivity contribution in [1.82, 2.24) is 4.72 Å². The summed E-state index contributed by atoms with van der Waals surface area (Å²) in [5, 5.41) is 22.8. The molecule has 1 aliphatic heterocycles. The lowest BCUT2D eigenvalue weighted by molar-refractivity contribution is -0.419. The summed E-state index contributed by atoms with van der Waals surface area (Å²) in [6, 6.07) is 2.72. The topological polar surface area (TPSA) is 174 Å². The number of hydrogen-bond acceptors (Lipinski definition) is 13. The van der Waals surface area contributed by atoms with Crippen molar-refractivity contribution >= 4 is 46.9 Å². The molecule has 1 atom stereocenters. The van der Waals surface area contributed by atoms with Gasteiger partial charge in [0.25, 0.3) is 5.70 Å². The number of carbonyl (C=O) groups excluding carboxylic acids is 3. The first-order valence-corrected chi connectivity index (χ1v) is 12.7. The lowest BCUT2D eigenvalue weighted by Gasteiger charge is -2.25. The van der Waals surface area contributed by atoms with Crippen molar-refractivity contribution in [3.05, 3.63) is 56.8 Å². The summed E-state index contributed by atoms with van der Waals surface area (Å²) in [7, 11) is 1.40. The number of rotatable bonds is 12. The number of esters is 2. The summed E-state index contributed by atoms with van der Waals surface area (Å²) in [6.45, 7) is 4.36. The van der Waals surface area contributed by atoms with Crippen LogP contribution in [0.1, 0.15) is 20.8 Å². The number of benzene rings is 1. The molecule has 0 aromatic heterocycles. The minimum absolute atomic E-state index is 0.0773. The molecular formula is C24H28N6O8S. The van der Waals surface area contributed by atoms with E-state index in [0.717, 1.165) is 11.9 Å². The van der Waals surface area contributed by atoms with E-state index < -0.39 is 22.8 Å². The highest BCUT2D eigenvalue weighted by molar-refractivity contribution is 8.01. The molecule has 2 N–H and O–H groups in total. The van der Waals surface area contributed by atoms with Gasteiger partial charge in [0, 0.05) is 30.7 Å². The molecule has 0 bridgehead atoms. The number of nitro groups is 1. The number of amides is 1. The van der Waals surface area contributed by atoms with E-state index in [1.807, 2.05) is 0 Å². The molecule has 1 amide bonds. The minimum atomic E-state index is -0.578. The number of nitrogens with zero attached hydrogens (tertiary/aromatic N) is 4. The fourth-order valence-electron chi connectivity index (χ4n) is 3.65. The first-order valence-electron chi connectivity index (χ1n) is 11.8. The molecule has 0 fully saturated rings. The van der Waals surface area contributed by atoms with Gasteiger partial charge in [-0.05, 0) is 31.9 Å². The molecule has 14 nitrogen and oxygen atoms in total. The Hall–Kier alpha value is -4.24. The predicted molar refractivity (Wildman–Crippen MR) is 143 cm³/mol. The lowest BCUT2D eigenvalue weighted by Crippen LogP contribution is -2.36. The van der Waals surface area contributed by atoms with Crippen molar-refractivity contribution in [1.29, 1.82) is 0 Å². The van der Waals surface area contributed by atoms with Crippen molar-refractivity contribution < 1.29 is 33.5 Å². The SMILES string of the molecule is CCOC(=O)CN(CC(=O)OCC)c1cc(NC(C)=O)c(/N=N/C2=C3C=C([N+](=O)[O-])C=CC3NS2)cc1OC. The number of hydrogen-bond donors (Lipinski definition) is 2. The molecule has 1 heterocycles. The highest BCUT2D eigenvalue weighted by atomic mass is 32.2. The molecule has 0 radical (unpaired) electrons. The van der Waals surface area contributed by atoms with E-state index in [4.69, 9.17) is 14.2 Å². The number of anilines is 2. The standard InChI is InChI=1S/C24H28N6O8S/c1-5-37-22(32)12-29(13-23(33)38-6-2)20-10-18(25-14(3)31)19(11-21(20)36-4)26-27-24-16-9-15(30(34)35)7-8-17(16)28-39-24/h7-11,17,28H,5-6,12-13H2,1-4H3,(H,25,31)/b27-26+. The Morgan fingerprint density at radius 1 is 1.15 bits per heavy atom. The Balaban J connectivity index is 2.04. The molecule has 1 aromatic rings. The van der Waals surface area contributed by atoms with E-state index in [-0.39, 0.29) is 55.2 Å². The summed E-state index contributed by atoms with van der Waals surface area (Å²) in [5.41, 5.74) is 1.24. The van der Waals surface area contributed by atoms with Crippen molar-refractivity contribution in [2.45, 2.75) is 26.8 Å². The summed E-state index contributed by atoms with van der Waals surface area (Å²) in [4.78, 5) is 48.7. The van der Waals surface area contributed by atoms with Crippen LogP contribution in [-0.2, 0) is 23.9 Å². The molecule has 1 aromatic carbocycles. The van der Waals surface area contributed by atoms with E-state index in [2.05, 4.69) is 20.3 Å². The Morgan fingerprint density at radius 3 is 2.38 bits per heavy atom. The molecule has 3 rings (SSSR count). The number of allylic oxidation sites excluding steroid dienone is 1. The predicted octanol–water partition coefficient (Wildman–Crippen LogP) is 3.23. The van der Waals surface area contributed by atoms with Gasteiger partial charge in [-0.1, -0.05) is 6.08 Å². The van der Waals surface area contributed by atoms with E-state index in [0.29, 0.717) is 16.3 Å². The molecule has 2 aliphatic rings. The number of ether oxygens (including phenoxy) is 3. The zero-order valence-corrected chi connectivity index (χ0v) is 22.6. The smallest absolute Gasteiger partial charge is 0.325 e. The molecular weight excluding hydrogens is 532 g/mol. The van der Waals surface area contributed by atoms with Crippen LogP contribution in [0, 0.1) is 10.1 Å². The summed E-state index contributed by atoms with van der Waals surface area (Å²) < 4.78 is 18.7. The average Bonchev–Trinajstić information content (AvgIpc) is 3.29. The largest absolute Gasteiger partial charge is 0.494 e. The third-order valence-electron chi connectivity index (χ3n) is 5.29. The van der Waals surface area contributed by atoms with E-state index >= 15 is 0 Å². The quantitative estimate of drug-likeness (QED) is 0.126. The maximum Gasteiger partial charge on any atom is 0.325 e. The van der Waals surface area contributed by atoms with Crippen LogP contribution in [-0.4, -0.2) is 62.2 Å². The fraction of sp³-hybridized carbons (Fsp3) is 0.375. The van der Waals surface area contributed by atoms with Crippen LogP contribution in [0.15, 0.2) is 56.9 Å². The molecule has 0 spiro atoms. The number of carbonyl (C=O) groups is 3. The van der Waals surface area contributed by atoms with Crippen LogP contribution < -0.4 is 19.7 Å². The fourth-order valence-corrected chi connectivity index (χ4v) is 4.48. The summed E-state index contributed by atoms with van der Waals surface area (Å²) >= 11 is 1.16. The van der Waals surface area contributed by atoms with Gasteiger partial charge in [0.2, 0.25) is 5.91 Å².